The van der Waals surface area contributed by atoms with Crippen LogP contribution in [0.25, 0.3) is 5.65 Å². The SMILES string of the molecule is Cc1cc(C)n([C@@H](C)C(=O)NCc2cn3cccc(C)c3n2)n1. The van der Waals surface area contributed by atoms with E-state index in [4.69, 9.17) is 0 Å². The van der Waals surface area contributed by atoms with Gasteiger partial charge in [-0.2, -0.15) is 5.10 Å². The summed E-state index contributed by atoms with van der Waals surface area (Å²) in [6.07, 6.45) is 3.90. The van der Waals surface area contributed by atoms with Crippen LogP contribution in [0.15, 0.2) is 30.6 Å². The number of nitrogens with one attached hydrogen (secondary N) is 1. The Kier molecular flexibility index (Phi) is 3.90. The van der Waals surface area contributed by atoms with Gasteiger partial charge in [0.05, 0.1) is 17.9 Å². The average molecular weight is 311 g/mol. The number of carbonyl (C=O) groups excluding carboxylic acids is 1. The van der Waals surface area contributed by atoms with Crippen LogP contribution in [0.4, 0.5) is 0 Å². The summed E-state index contributed by atoms with van der Waals surface area (Å²) < 4.78 is 3.72. The van der Waals surface area contributed by atoms with Crippen LogP contribution in [0.2, 0.25) is 0 Å². The molecule has 0 radical (unpaired) electrons. The normalized spacial score (nSPS) is 12.5. The topological polar surface area (TPSA) is 64.2 Å². The second kappa shape index (κ2) is 5.87. The highest BCUT2D eigenvalue weighted by Crippen LogP contribution is 2.12. The van der Waals surface area contributed by atoms with Crippen LogP contribution in [0, 0.1) is 20.8 Å². The molecule has 6 heteroatoms. The highest BCUT2D eigenvalue weighted by molar-refractivity contribution is 5.79. The molecule has 6 nitrogen and oxygen atoms in total. The number of aryl methyl sites for hydroxylation is 3. The van der Waals surface area contributed by atoms with Crippen molar-refractivity contribution < 1.29 is 4.79 Å². The Bertz CT molecular complexity index is 861. The van der Waals surface area contributed by atoms with Crippen LogP contribution in [0.3, 0.4) is 0 Å². The minimum atomic E-state index is -0.345. The predicted molar refractivity (Wildman–Crippen MR) is 88.2 cm³/mol. The summed E-state index contributed by atoms with van der Waals surface area (Å²) in [4.78, 5) is 16.9. The lowest BCUT2D eigenvalue weighted by Crippen LogP contribution is -2.31. The lowest BCUT2D eigenvalue weighted by molar-refractivity contribution is -0.124. The molecular weight excluding hydrogens is 290 g/mol. The number of imidazole rings is 1. The summed E-state index contributed by atoms with van der Waals surface area (Å²) in [6, 6.07) is 5.63. The second-order valence-electron chi connectivity index (χ2n) is 5.92. The molecule has 3 aromatic rings. The maximum absolute atomic E-state index is 12.4. The molecule has 0 aromatic carbocycles. The quantitative estimate of drug-likeness (QED) is 0.804. The van der Waals surface area contributed by atoms with Crippen molar-refractivity contribution in [3.8, 4) is 0 Å². The molecule has 0 aliphatic heterocycles. The zero-order valence-electron chi connectivity index (χ0n) is 13.9. The van der Waals surface area contributed by atoms with Crippen molar-refractivity contribution >= 4 is 11.6 Å². The molecule has 0 bridgehead atoms. The minimum Gasteiger partial charge on any atom is -0.349 e. The number of rotatable bonds is 4. The Labute approximate surface area is 135 Å². The van der Waals surface area contributed by atoms with Crippen molar-refractivity contribution in [3.05, 3.63) is 53.2 Å². The van der Waals surface area contributed by atoms with Gasteiger partial charge in [-0.05, 0) is 45.4 Å². The fourth-order valence-corrected chi connectivity index (χ4v) is 2.76. The van der Waals surface area contributed by atoms with Gasteiger partial charge in [0.1, 0.15) is 11.7 Å². The highest BCUT2D eigenvalue weighted by Gasteiger charge is 2.17. The first-order chi connectivity index (χ1) is 11.0. The van der Waals surface area contributed by atoms with Crippen molar-refractivity contribution in [2.75, 3.05) is 0 Å². The van der Waals surface area contributed by atoms with Crippen LogP contribution in [-0.2, 0) is 11.3 Å². The summed E-state index contributed by atoms with van der Waals surface area (Å²) in [7, 11) is 0. The Morgan fingerprint density at radius 3 is 2.78 bits per heavy atom. The van der Waals surface area contributed by atoms with Crippen molar-refractivity contribution in [3.63, 3.8) is 0 Å². The molecule has 0 spiro atoms. The molecule has 1 amide bonds. The molecule has 23 heavy (non-hydrogen) atoms. The van der Waals surface area contributed by atoms with Gasteiger partial charge in [0, 0.05) is 18.1 Å². The van der Waals surface area contributed by atoms with Crippen molar-refractivity contribution in [1.82, 2.24) is 24.5 Å². The molecule has 1 N–H and O–H groups in total. The lowest BCUT2D eigenvalue weighted by Gasteiger charge is -2.13. The highest BCUT2D eigenvalue weighted by atomic mass is 16.2. The molecule has 3 heterocycles. The van der Waals surface area contributed by atoms with Crippen LogP contribution in [0.1, 0.15) is 35.6 Å². The van der Waals surface area contributed by atoms with Gasteiger partial charge in [0.2, 0.25) is 5.91 Å². The third-order valence-electron chi connectivity index (χ3n) is 3.96. The van der Waals surface area contributed by atoms with Crippen LogP contribution in [0.5, 0.6) is 0 Å². The largest absolute Gasteiger partial charge is 0.349 e. The smallest absolute Gasteiger partial charge is 0.244 e. The zero-order valence-corrected chi connectivity index (χ0v) is 13.9. The van der Waals surface area contributed by atoms with E-state index in [1.807, 2.05) is 62.7 Å². The zero-order chi connectivity index (χ0) is 16.6. The van der Waals surface area contributed by atoms with Gasteiger partial charge in [0.25, 0.3) is 0 Å². The van der Waals surface area contributed by atoms with Gasteiger partial charge < -0.3 is 9.72 Å². The Morgan fingerprint density at radius 2 is 2.13 bits per heavy atom. The molecule has 3 rings (SSSR count). The number of pyridine rings is 1. The first kappa shape index (κ1) is 15.3. The van der Waals surface area contributed by atoms with Gasteiger partial charge >= 0.3 is 0 Å². The fraction of sp³-hybridized carbons (Fsp3) is 0.353. The maximum atomic E-state index is 12.4. The molecule has 0 unspecified atom stereocenters. The van der Waals surface area contributed by atoms with Gasteiger partial charge in [0.15, 0.2) is 0 Å². The summed E-state index contributed by atoms with van der Waals surface area (Å²) in [5, 5.41) is 7.31. The first-order valence-electron chi connectivity index (χ1n) is 7.69. The van der Waals surface area contributed by atoms with Gasteiger partial charge in [-0.1, -0.05) is 6.07 Å². The molecule has 3 aromatic heterocycles. The molecule has 0 fully saturated rings. The third kappa shape index (κ3) is 2.97. The minimum absolute atomic E-state index is 0.0648. The molecule has 0 saturated heterocycles. The van der Waals surface area contributed by atoms with E-state index in [-0.39, 0.29) is 11.9 Å². The number of hydrogen-bond acceptors (Lipinski definition) is 3. The van der Waals surface area contributed by atoms with Crippen LogP contribution >= 0.6 is 0 Å². The van der Waals surface area contributed by atoms with Crippen molar-refractivity contribution in [2.24, 2.45) is 0 Å². The van der Waals surface area contributed by atoms with Crippen LogP contribution < -0.4 is 5.32 Å². The van der Waals surface area contributed by atoms with Gasteiger partial charge in [-0.3, -0.25) is 9.48 Å². The van der Waals surface area contributed by atoms with E-state index >= 15 is 0 Å². The third-order valence-corrected chi connectivity index (χ3v) is 3.96. The molecular formula is C17H21N5O. The van der Waals surface area contributed by atoms with Gasteiger partial charge in [-0.25, -0.2) is 4.98 Å². The standard InChI is InChI=1S/C17H21N5O/c1-11-6-5-7-21-10-15(19-16(11)21)9-18-17(23)14(4)22-13(3)8-12(2)20-22/h5-8,10,14H,9H2,1-4H3,(H,18,23)/t14-/m0/s1. The average Bonchev–Trinajstić information content (AvgIpc) is 3.07. The number of hydrogen-bond donors (Lipinski definition) is 1. The molecule has 0 aliphatic rings. The summed E-state index contributed by atoms with van der Waals surface area (Å²) in [5.41, 5.74) is 4.77. The summed E-state index contributed by atoms with van der Waals surface area (Å²) >= 11 is 0. The number of aromatic nitrogens is 4. The van der Waals surface area contributed by atoms with Gasteiger partial charge in [-0.15, -0.1) is 0 Å². The lowest BCUT2D eigenvalue weighted by atomic mass is 10.3. The number of nitrogens with zero attached hydrogens (tertiary/aromatic N) is 4. The first-order valence-corrected chi connectivity index (χ1v) is 7.69. The Balaban J connectivity index is 1.70. The number of carbonyl (C=O) groups is 1. The van der Waals surface area contributed by atoms with E-state index in [9.17, 15) is 4.79 Å². The second-order valence-corrected chi connectivity index (χ2v) is 5.92. The van der Waals surface area contributed by atoms with E-state index in [1.54, 1.807) is 4.68 Å². The summed E-state index contributed by atoms with van der Waals surface area (Å²) in [5.74, 6) is -0.0648. The number of fused-ring (bicyclic) bond motifs is 1. The van der Waals surface area contributed by atoms with E-state index in [0.29, 0.717) is 6.54 Å². The molecule has 0 aliphatic carbocycles. The van der Waals surface area contributed by atoms with E-state index in [0.717, 1.165) is 28.3 Å². The molecule has 120 valence electrons. The maximum Gasteiger partial charge on any atom is 0.244 e. The predicted octanol–water partition coefficient (Wildman–Crippen LogP) is 2.33. The fourth-order valence-electron chi connectivity index (χ4n) is 2.76. The van der Waals surface area contributed by atoms with E-state index < -0.39 is 0 Å². The number of amides is 1. The Hall–Kier alpha value is -2.63. The Morgan fingerprint density at radius 1 is 1.35 bits per heavy atom. The van der Waals surface area contributed by atoms with E-state index in [2.05, 4.69) is 15.4 Å². The monoisotopic (exact) mass is 311 g/mol. The molecule has 1 atom stereocenters. The summed E-state index contributed by atoms with van der Waals surface area (Å²) in [6.45, 7) is 8.16. The van der Waals surface area contributed by atoms with Crippen molar-refractivity contribution in [2.45, 2.75) is 40.3 Å². The van der Waals surface area contributed by atoms with Crippen molar-refractivity contribution in [1.29, 1.82) is 0 Å². The van der Waals surface area contributed by atoms with E-state index in [1.165, 1.54) is 0 Å². The molecule has 0 saturated carbocycles. The van der Waals surface area contributed by atoms with Crippen LogP contribution in [-0.4, -0.2) is 25.1 Å².